The van der Waals surface area contributed by atoms with Gasteiger partial charge in [0, 0.05) is 23.7 Å². The van der Waals surface area contributed by atoms with E-state index in [1.54, 1.807) is 7.11 Å². The van der Waals surface area contributed by atoms with Crippen LogP contribution in [-0.2, 0) is 19.5 Å². The van der Waals surface area contributed by atoms with Gasteiger partial charge in [0.1, 0.15) is 5.75 Å². The van der Waals surface area contributed by atoms with E-state index in [1.165, 1.54) is 11.1 Å². The van der Waals surface area contributed by atoms with Gasteiger partial charge in [-0.15, -0.1) is 0 Å². The Balaban J connectivity index is 1.29. The highest BCUT2D eigenvalue weighted by Crippen LogP contribution is 2.32. The second kappa shape index (κ2) is 11.3. The lowest BCUT2D eigenvalue weighted by molar-refractivity contribution is 0.311. The number of nitrogens with zero attached hydrogens (tertiary/aromatic N) is 4. The van der Waals surface area contributed by atoms with E-state index in [-0.39, 0.29) is 5.41 Å². The maximum atomic E-state index is 6.60. The largest absolute Gasteiger partial charge is 0.496 e. The third-order valence-electron chi connectivity index (χ3n) is 6.96. The highest BCUT2D eigenvalue weighted by atomic mass is 35.5. The first kappa shape index (κ1) is 25.8. The molecule has 0 fully saturated rings. The molecule has 0 bridgehead atoms. The molecule has 3 aromatic carbocycles. The quantitative estimate of drug-likeness (QED) is 0.187. The first-order valence-corrected chi connectivity index (χ1v) is 13.3. The molecule has 0 spiro atoms. The van der Waals surface area contributed by atoms with Gasteiger partial charge in [-0.1, -0.05) is 74.0 Å². The van der Waals surface area contributed by atoms with Crippen molar-refractivity contribution in [2.75, 3.05) is 7.11 Å². The molecule has 0 aliphatic heterocycles. The predicted octanol–water partition coefficient (Wildman–Crippen LogP) is 7.78. The number of aromatic nitrogens is 4. The highest BCUT2D eigenvalue weighted by molar-refractivity contribution is 6.30. The normalized spacial score (nSPS) is 11.6. The number of hydrogen-bond donors (Lipinski definition) is 0. The summed E-state index contributed by atoms with van der Waals surface area (Å²) in [6.45, 7) is 6.21. The molecule has 194 valence electrons. The minimum atomic E-state index is 0.0640. The van der Waals surface area contributed by atoms with E-state index in [4.69, 9.17) is 16.3 Å². The average Bonchev–Trinajstić information content (AvgIpc) is 3.57. The fraction of sp³-hybridized carbons (Fsp3) is 0.250. The Morgan fingerprint density at radius 3 is 2.29 bits per heavy atom. The van der Waals surface area contributed by atoms with Crippen LogP contribution in [0.4, 0.5) is 0 Å². The van der Waals surface area contributed by atoms with E-state index in [9.17, 15) is 0 Å². The molecule has 5 nitrogen and oxygen atoms in total. The Bertz CT molecular complexity index is 1500. The summed E-state index contributed by atoms with van der Waals surface area (Å²) in [4.78, 5) is 8.83. The van der Waals surface area contributed by atoms with Crippen LogP contribution < -0.4 is 4.74 Å². The lowest BCUT2D eigenvalue weighted by Gasteiger charge is -2.26. The molecule has 0 saturated carbocycles. The summed E-state index contributed by atoms with van der Waals surface area (Å²) in [6, 6.07) is 24.9. The standard InChI is InChI=1S/C32H33ClN4O/c1-32(2,13-14-36-22-35-20-30(36)28-11-7-8-12-31(28)38-3)18-24-15-25(17-27(33)16-24)21-37-23-34-19-29(37)26-9-5-4-6-10-26/h4-12,15-17,19-20,22-23H,13-14,18,21H2,1-3H3. The molecular weight excluding hydrogens is 492 g/mol. The number of hydrogen-bond acceptors (Lipinski definition) is 3. The lowest BCUT2D eigenvalue weighted by Crippen LogP contribution is -2.18. The Kier molecular flexibility index (Phi) is 7.66. The van der Waals surface area contributed by atoms with Crippen molar-refractivity contribution in [1.82, 2.24) is 19.1 Å². The smallest absolute Gasteiger partial charge is 0.128 e. The molecule has 0 saturated heterocycles. The molecule has 0 aliphatic rings. The number of benzene rings is 3. The van der Waals surface area contributed by atoms with Crippen molar-refractivity contribution < 1.29 is 4.74 Å². The topological polar surface area (TPSA) is 44.9 Å². The van der Waals surface area contributed by atoms with Gasteiger partial charge in [-0.3, -0.25) is 0 Å². The van der Waals surface area contributed by atoms with Gasteiger partial charge < -0.3 is 13.9 Å². The van der Waals surface area contributed by atoms with Crippen LogP contribution >= 0.6 is 11.6 Å². The van der Waals surface area contributed by atoms with E-state index in [2.05, 4.69) is 81.5 Å². The summed E-state index contributed by atoms with van der Waals surface area (Å²) < 4.78 is 9.97. The molecule has 0 aliphatic carbocycles. The summed E-state index contributed by atoms with van der Waals surface area (Å²) in [5.74, 6) is 0.855. The highest BCUT2D eigenvalue weighted by Gasteiger charge is 2.21. The van der Waals surface area contributed by atoms with Crippen LogP contribution in [0.1, 0.15) is 31.4 Å². The number of methoxy groups -OCH3 is 1. The van der Waals surface area contributed by atoms with Crippen LogP contribution in [0.15, 0.2) is 97.8 Å². The van der Waals surface area contributed by atoms with Gasteiger partial charge in [-0.2, -0.15) is 0 Å². The van der Waals surface area contributed by atoms with Gasteiger partial charge >= 0.3 is 0 Å². The number of halogens is 1. The molecule has 5 rings (SSSR count). The van der Waals surface area contributed by atoms with Gasteiger partial charge in [0.15, 0.2) is 0 Å². The third-order valence-corrected chi connectivity index (χ3v) is 7.18. The molecule has 2 aromatic heterocycles. The number of rotatable bonds is 10. The molecule has 0 amide bonds. The third kappa shape index (κ3) is 6.00. The molecule has 5 aromatic rings. The van der Waals surface area contributed by atoms with Crippen LogP contribution in [-0.4, -0.2) is 26.2 Å². The van der Waals surface area contributed by atoms with Gasteiger partial charge in [0.25, 0.3) is 0 Å². The Morgan fingerprint density at radius 1 is 0.816 bits per heavy atom. The molecule has 0 unspecified atom stereocenters. The molecule has 0 N–H and O–H groups in total. The van der Waals surface area contributed by atoms with E-state index in [0.717, 1.165) is 59.2 Å². The van der Waals surface area contributed by atoms with Crippen LogP contribution in [0, 0.1) is 5.41 Å². The van der Waals surface area contributed by atoms with Gasteiger partial charge in [0.2, 0.25) is 0 Å². The molecular formula is C32H33ClN4O. The number of aryl methyl sites for hydroxylation is 1. The number of para-hydroxylation sites is 1. The first-order valence-electron chi connectivity index (χ1n) is 12.9. The zero-order chi connectivity index (χ0) is 26.5. The molecule has 6 heteroatoms. The first-order chi connectivity index (χ1) is 18.4. The molecule has 38 heavy (non-hydrogen) atoms. The number of imidazole rings is 2. The van der Waals surface area contributed by atoms with Crippen molar-refractivity contribution in [3.63, 3.8) is 0 Å². The van der Waals surface area contributed by atoms with Gasteiger partial charge in [0.05, 0.1) is 43.5 Å². The monoisotopic (exact) mass is 524 g/mol. The van der Waals surface area contributed by atoms with Crippen LogP contribution in [0.25, 0.3) is 22.5 Å². The Labute approximate surface area is 229 Å². The van der Waals surface area contributed by atoms with Crippen molar-refractivity contribution in [2.45, 2.75) is 39.8 Å². The summed E-state index contributed by atoms with van der Waals surface area (Å²) in [6.07, 6.45) is 9.54. The van der Waals surface area contributed by atoms with Crippen LogP contribution in [0.5, 0.6) is 5.75 Å². The number of ether oxygens (including phenoxy) is 1. The molecule has 0 atom stereocenters. The Hall–Kier alpha value is -3.83. The second-order valence-corrected chi connectivity index (χ2v) is 10.9. The van der Waals surface area contributed by atoms with E-state index < -0.39 is 0 Å². The van der Waals surface area contributed by atoms with E-state index in [1.807, 2.05) is 49.3 Å². The predicted molar refractivity (Wildman–Crippen MR) is 155 cm³/mol. The maximum Gasteiger partial charge on any atom is 0.128 e. The van der Waals surface area contributed by atoms with Crippen molar-refractivity contribution in [1.29, 1.82) is 0 Å². The van der Waals surface area contributed by atoms with Crippen LogP contribution in [0.2, 0.25) is 5.02 Å². The average molecular weight is 525 g/mol. The second-order valence-electron chi connectivity index (χ2n) is 10.5. The van der Waals surface area contributed by atoms with Crippen molar-refractivity contribution in [3.8, 4) is 28.3 Å². The zero-order valence-electron chi connectivity index (χ0n) is 22.1. The maximum absolute atomic E-state index is 6.60. The summed E-state index contributed by atoms with van der Waals surface area (Å²) in [5.41, 5.74) is 6.85. The minimum absolute atomic E-state index is 0.0640. The SMILES string of the molecule is COc1ccccc1-c1cncn1CCC(C)(C)Cc1cc(Cl)cc(Cn2cncc2-c2ccccc2)c1. The summed E-state index contributed by atoms with van der Waals surface area (Å²) in [7, 11) is 1.71. The Morgan fingerprint density at radius 2 is 1.50 bits per heavy atom. The van der Waals surface area contributed by atoms with Crippen molar-refractivity contribution >= 4 is 11.6 Å². The summed E-state index contributed by atoms with van der Waals surface area (Å²) >= 11 is 6.60. The van der Waals surface area contributed by atoms with Crippen molar-refractivity contribution in [2.24, 2.45) is 5.41 Å². The fourth-order valence-corrected chi connectivity index (χ4v) is 5.33. The lowest BCUT2D eigenvalue weighted by atomic mass is 9.82. The summed E-state index contributed by atoms with van der Waals surface area (Å²) in [5, 5.41) is 0.766. The fourth-order valence-electron chi connectivity index (χ4n) is 5.05. The van der Waals surface area contributed by atoms with E-state index >= 15 is 0 Å². The molecule has 0 radical (unpaired) electrons. The van der Waals surface area contributed by atoms with Crippen LogP contribution in [0.3, 0.4) is 0 Å². The van der Waals surface area contributed by atoms with Gasteiger partial charge in [-0.25, -0.2) is 9.97 Å². The van der Waals surface area contributed by atoms with Crippen molar-refractivity contribution in [3.05, 3.63) is 114 Å². The minimum Gasteiger partial charge on any atom is -0.496 e. The van der Waals surface area contributed by atoms with Gasteiger partial charge in [-0.05, 0) is 59.2 Å². The zero-order valence-corrected chi connectivity index (χ0v) is 22.9. The van der Waals surface area contributed by atoms with E-state index in [0.29, 0.717) is 0 Å². The molecule has 2 heterocycles.